The first-order valence-electron chi connectivity index (χ1n) is 2.67. The van der Waals surface area contributed by atoms with Gasteiger partial charge >= 0.3 is 26.2 Å². The van der Waals surface area contributed by atoms with E-state index in [1.807, 2.05) is 23.6 Å². The Morgan fingerprint density at radius 3 is 0.385 bits per heavy atom. The molecule has 0 aliphatic heterocycles. The molecule has 0 aromatic rings. The van der Waals surface area contributed by atoms with Crippen LogP contribution in [0.2, 0.25) is 0 Å². The minimum absolute atomic E-state index is 0. The maximum atomic E-state index is 2.42. The zero-order valence-corrected chi connectivity index (χ0v) is 19.1. The van der Waals surface area contributed by atoms with Crippen molar-refractivity contribution in [1.29, 1.82) is 0 Å². The molecular weight excluding hydrogens is 387 g/mol. The van der Waals surface area contributed by atoms with Gasteiger partial charge in [-0.3, -0.25) is 97.5 Å². The summed E-state index contributed by atoms with van der Waals surface area (Å²) < 4.78 is 0. The summed E-state index contributed by atoms with van der Waals surface area (Å²) in [5, 5.41) is 0. The fourth-order valence-corrected chi connectivity index (χ4v) is 0. The van der Waals surface area contributed by atoms with Gasteiger partial charge in [0.1, 0.15) is 0 Å². The Morgan fingerprint density at radius 1 is 0.385 bits per heavy atom. The van der Waals surface area contributed by atoms with E-state index in [0.29, 0.717) is 0 Å². The molecule has 0 rings (SSSR count). The van der Waals surface area contributed by atoms with Gasteiger partial charge in [0, 0.05) is 0 Å². The molecule has 0 amide bonds. The Morgan fingerprint density at radius 2 is 0.385 bits per heavy atom. The first-order valence-corrected chi connectivity index (χ1v) is 8.00. The predicted molar refractivity (Wildman–Crippen MR) is 94.9 cm³/mol. The van der Waals surface area contributed by atoms with Crippen LogP contribution in [0.4, 0.5) is 0 Å². The van der Waals surface area contributed by atoms with E-state index in [-0.39, 0.29) is 26.2 Å². The Balaban J connectivity index is -0.0000000213. The average molecular weight is 407 g/mol. The molecular formula is C4H20P8Zr. The molecule has 0 fully saturated rings. The van der Waals surface area contributed by atoms with Gasteiger partial charge in [-0.05, 0) is 0 Å². The second kappa shape index (κ2) is 55.3. The van der Waals surface area contributed by atoms with E-state index in [0.717, 1.165) is 0 Å². The normalized spacial score (nSPS) is 5.54. The maximum absolute atomic E-state index is 2.42. The summed E-state index contributed by atoms with van der Waals surface area (Å²) in [7, 11) is 19.3. The van der Waals surface area contributed by atoms with Gasteiger partial charge in [-0.2, -0.15) is 0 Å². The van der Waals surface area contributed by atoms with Crippen LogP contribution in [0.3, 0.4) is 0 Å². The van der Waals surface area contributed by atoms with E-state index in [2.05, 4.69) is 73.9 Å². The fourth-order valence-electron chi connectivity index (χ4n) is 0. The Labute approximate surface area is 123 Å². The Kier molecular flexibility index (Phi) is 129. The first-order chi connectivity index (χ1) is 5.66. The first kappa shape index (κ1) is 30.4. The van der Waals surface area contributed by atoms with Crippen molar-refractivity contribution in [2.24, 2.45) is 0 Å². The summed E-state index contributed by atoms with van der Waals surface area (Å²) in [6, 6.07) is 0. The molecule has 0 spiro atoms. The summed E-state index contributed by atoms with van der Waals surface area (Å²) in [6.45, 7) is 0. The van der Waals surface area contributed by atoms with Crippen molar-refractivity contribution in [3.63, 3.8) is 0 Å². The molecule has 0 aromatic carbocycles. The van der Waals surface area contributed by atoms with Crippen LogP contribution in [-0.2, 0) is 26.2 Å². The van der Waals surface area contributed by atoms with Crippen molar-refractivity contribution in [3.8, 4) is 0 Å². The second-order valence-corrected chi connectivity index (χ2v) is 6.93. The molecule has 13 heavy (non-hydrogen) atoms. The van der Waals surface area contributed by atoms with Gasteiger partial charge < -0.3 is 0 Å². The van der Waals surface area contributed by atoms with Gasteiger partial charge in [0.05, 0.1) is 0 Å². The molecule has 9 heteroatoms. The fraction of sp³-hybridized carbons (Fsp3) is 0. The van der Waals surface area contributed by atoms with Gasteiger partial charge in [-0.25, -0.2) is 0 Å². The molecule has 0 radical (unpaired) electrons. The molecule has 8 atom stereocenters. The third-order valence-corrected chi connectivity index (χ3v) is 0. The number of hydrogen-bond donors (Lipinski definition) is 0. The van der Waals surface area contributed by atoms with Crippen LogP contribution in [0.15, 0.2) is 0 Å². The molecule has 8 unspecified atom stereocenters. The molecule has 0 aliphatic carbocycles. The molecule has 0 aromatic heterocycles. The quantitative estimate of drug-likeness (QED) is 0.427. The summed E-state index contributed by atoms with van der Waals surface area (Å²) in [5.74, 6) is 7.33. The van der Waals surface area contributed by atoms with E-state index in [1.165, 1.54) is 0 Å². The zero-order chi connectivity index (χ0) is 10.8. The van der Waals surface area contributed by atoms with E-state index >= 15 is 0 Å². The van der Waals surface area contributed by atoms with Crippen molar-refractivity contribution < 1.29 is 26.2 Å². The van der Waals surface area contributed by atoms with Crippen molar-refractivity contribution >= 4 is 73.9 Å². The molecule has 0 aliphatic rings. The largest absolute Gasteiger partial charge is 4.00 e. The molecule has 0 saturated carbocycles. The van der Waals surface area contributed by atoms with Crippen LogP contribution in [0, 0.1) is 23.6 Å². The standard InChI is InChI=1S/4CH5P2.Zr/c4*2-1-3;/h4*1H,2-3H2;/q4*-1;+4. The maximum Gasteiger partial charge on any atom is 4.00 e. The van der Waals surface area contributed by atoms with Crippen LogP contribution in [0.5, 0.6) is 0 Å². The molecule has 0 saturated heterocycles. The van der Waals surface area contributed by atoms with Crippen LogP contribution < -0.4 is 0 Å². The SMILES string of the molecule is P[CH-]P.P[CH-]P.P[CH-]P.P[CH-]P.[Zr+4]. The van der Waals surface area contributed by atoms with Gasteiger partial charge in [0.2, 0.25) is 0 Å². The average Bonchev–Trinajstić information content (AvgIpc) is 1.92. The van der Waals surface area contributed by atoms with Crippen LogP contribution in [0.25, 0.3) is 0 Å². The minimum atomic E-state index is 0. The van der Waals surface area contributed by atoms with Crippen LogP contribution in [-0.4, -0.2) is 0 Å². The van der Waals surface area contributed by atoms with Crippen molar-refractivity contribution in [1.82, 2.24) is 0 Å². The Bertz CT molecular complexity index is 24.1. The van der Waals surface area contributed by atoms with Crippen molar-refractivity contribution in [2.75, 3.05) is 0 Å². The molecule has 0 heterocycles. The summed E-state index contributed by atoms with van der Waals surface area (Å²) >= 11 is 0. The van der Waals surface area contributed by atoms with Crippen LogP contribution in [0.1, 0.15) is 0 Å². The topological polar surface area (TPSA) is 0 Å². The number of rotatable bonds is 0. The summed E-state index contributed by atoms with van der Waals surface area (Å²) in [6.07, 6.45) is 0. The Hall–Kier alpha value is 4.32. The summed E-state index contributed by atoms with van der Waals surface area (Å²) in [4.78, 5) is 0. The monoisotopic (exact) mass is 406 g/mol. The summed E-state index contributed by atoms with van der Waals surface area (Å²) in [5.41, 5.74) is 0. The van der Waals surface area contributed by atoms with E-state index in [1.54, 1.807) is 0 Å². The predicted octanol–water partition coefficient (Wildman–Crippen LogP) is 3.42. The van der Waals surface area contributed by atoms with E-state index < -0.39 is 0 Å². The number of hydrogen-bond acceptors (Lipinski definition) is 0. The molecule has 0 N–H and O–H groups in total. The van der Waals surface area contributed by atoms with Gasteiger partial charge in [-0.15, -0.1) is 0 Å². The van der Waals surface area contributed by atoms with Gasteiger partial charge in [-0.1, -0.05) is 0 Å². The van der Waals surface area contributed by atoms with Gasteiger partial charge in [0.25, 0.3) is 0 Å². The van der Waals surface area contributed by atoms with Crippen molar-refractivity contribution in [2.45, 2.75) is 0 Å². The van der Waals surface area contributed by atoms with E-state index in [9.17, 15) is 0 Å². The third-order valence-electron chi connectivity index (χ3n) is 0. The third kappa shape index (κ3) is 179. The molecule has 0 bridgehead atoms. The smallest absolute Gasteiger partial charge is 0.295 e. The molecule has 80 valence electrons. The van der Waals surface area contributed by atoms with E-state index in [4.69, 9.17) is 0 Å². The van der Waals surface area contributed by atoms with Crippen LogP contribution >= 0.6 is 73.9 Å². The zero-order valence-electron chi connectivity index (χ0n) is 7.43. The molecule has 0 nitrogen and oxygen atoms in total. The van der Waals surface area contributed by atoms with Crippen molar-refractivity contribution in [3.05, 3.63) is 23.6 Å². The van der Waals surface area contributed by atoms with Gasteiger partial charge in [0.15, 0.2) is 0 Å². The second-order valence-electron chi connectivity index (χ2n) is 0.770. The minimum Gasteiger partial charge on any atom is -0.295 e.